The molecule has 0 spiro atoms. The Balaban J connectivity index is 3.34. The minimum absolute atomic E-state index is 0.0730. The van der Waals surface area contributed by atoms with Crippen LogP contribution < -0.4 is 10.1 Å². The minimum atomic E-state index is -1.24. The molecule has 0 bridgehead atoms. The monoisotopic (exact) mass is 259 g/mol. The lowest BCUT2D eigenvalue weighted by Gasteiger charge is -2.19. The van der Waals surface area contributed by atoms with Crippen molar-refractivity contribution in [1.29, 1.82) is 0 Å². The molecule has 0 fully saturated rings. The van der Waals surface area contributed by atoms with Crippen LogP contribution in [0, 0.1) is 11.6 Å². The smallest absolute Gasteiger partial charge is 0.325 e. The van der Waals surface area contributed by atoms with Gasteiger partial charge in [0.1, 0.15) is 11.9 Å². The number of carboxylic acid groups (broad SMARTS) is 1. The molecule has 1 rings (SSSR count). The Morgan fingerprint density at radius 3 is 2.44 bits per heavy atom. The molecule has 0 aromatic heterocycles. The quantitative estimate of drug-likeness (QED) is 0.850. The average Bonchev–Trinajstić information content (AvgIpc) is 2.23. The molecule has 1 aromatic carbocycles. The number of carbonyl (C=O) groups is 1. The third-order valence-electron chi connectivity index (χ3n) is 2.24. The number of rotatable bonds is 5. The molecule has 18 heavy (non-hydrogen) atoms. The third kappa shape index (κ3) is 3.16. The molecule has 0 aliphatic heterocycles. The van der Waals surface area contributed by atoms with E-state index >= 15 is 0 Å². The molecule has 0 radical (unpaired) electrons. The van der Waals surface area contributed by atoms with Crippen molar-refractivity contribution in [3.05, 3.63) is 29.3 Å². The van der Waals surface area contributed by atoms with Crippen molar-refractivity contribution in [1.82, 2.24) is 5.32 Å². The van der Waals surface area contributed by atoms with E-state index in [4.69, 9.17) is 9.84 Å². The maximum absolute atomic E-state index is 13.6. The van der Waals surface area contributed by atoms with E-state index in [1.165, 1.54) is 7.05 Å². The van der Waals surface area contributed by atoms with Crippen molar-refractivity contribution in [2.24, 2.45) is 0 Å². The summed E-state index contributed by atoms with van der Waals surface area (Å²) in [5, 5.41) is 11.5. The van der Waals surface area contributed by atoms with E-state index in [0.29, 0.717) is 6.07 Å². The lowest BCUT2D eigenvalue weighted by atomic mass is 10.1. The van der Waals surface area contributed by atoms with Crippen molar-refractivity contribution in [3.8, 4) is 5.75 Å². The standard InChI is InChI=1S/C12H15F2NO3/c1-6(2)18-11-8(10(15-3)12(16)17)4-7(13)5-9(11)14/h4-6,10,15H,1-3H3,(H,16,17)/t10-/m1/s1. The van der Waals surface area contributed by atoms with Gasteiger partial charge in [0.15, 0.2) is 11.6 Å². The summed E-state index contributed by atoms with van der Waals surface area (Å²) in [7, 11) is 1.39. The summed E-state index contributed by atoms with van der Waals surface area (Å²) in [6.07, 6.45) is -0.352. The number of nitrogens with one attached hydrogen (secondary N) is 1. The van der Waals surface area contributed by atoms with Gasteiger partial charge in [-0.1, -0.05) is 0 Å². The number of carboxylic acids is 1. The summed E-state index contributed by atoms with van der Waals surface area (Å²) < 4.78 is 32.1. The van der Waals surface area contributed by atoms with Crippen molar-refractivity contribution >= 4 is 5.97 Å². The lowest BCUT2D eigenvalue weighted by Crippen LogP contribution is -2.26. The molecular formula is C12H15F2NO3. The van der Waals surface area contributed by atoms with Crippen LogP contribution in [0.4, 0.5) is 8.78 Å². The molecule has 0 saturated carbocycles. The minimum Gasteiger partial charge on any atom is -0.488 e. The van der Waals surface area contributed by atoms with Gasteiger partial charge in [0.2, 0.25) is 0 Å². The zero-order chi connectivity index (χ0) is 13.9. The lowest BCUT2D eigenvalue weighted by molar-refractivity contribution is -0.139. The van der Waals surface area contributed by atoms with Crippen LogP contribution in [0.2, 0.25) is 0 Å². The third-order valence-corrected chi connectivity index (χ3v) is 2.24. The van der Waals surface area contributed by atoms with Gasteiger partial charge >= 0.3 is 5.97 Å². The van der Waals surface area contributed by atoms with Crippen LogP contribution in [0.1, 0.15) is 25.5 Å². The van der Waals surface area contributed by atoms with Gasteiger partial charge in [-0.2, -0.15) is 0 Å². The molecule has 0 saturated heterocycles. The highest BCUT2D eigenvalue weighted by molar-refractivity contribution is 5.76. The van der Waals surface area contributed by atoms with Crippen molar-refractivity contribution in [3.63, 3.8) is 0 Å². The topological polar surface area (TPSA) is 58.6 Å². The van der Waals surface area contributed by atoms with E-state index in [9.17, 15) is 13.6 Å². The molecule has 2 N–H and O–H groups in total. The first-order chi connectivity index (χ1) is 8.36. The second-order valence-corrected chi connectivity index (χ2v) is 4.03. The summed E-state index contributed by atoms with van der Waals surface area (Å²) in [5.41, 5.74) is -0.0730. The van der Waals surface area contributed by atoms with Gasteiger partial charge in [-0.3, -0.25) is 4.79 Å². The van der Waals surface area contributed by atoms with Crippen LogP contribution in [0.5, 0.6) is 5.75 Å². The highest BCUT2D eigenvalue weighted by Gasteiger charge is 2.25. The first-order valence-corrected chi connectivity index (χ1v) is 5.42. The Kier molecular flexibility index (Phi) is 4.61. The van der Waals surface area contributed by atoms with E-state index in [1.54, 1.807) is 13.8 Å². The van der Waals surface area contributed by atoms with Gasteiger partial charge in [0.05, 0.1) is 6.10 Å². The van der Waals surface area contributed by atoms with Gasteiger partial charge in [-0.25, -0.2) is 8.78 Å². The van der Waals surface area contributed by atoms with Gasteiger partial charge in [0.25, 0.3) is 0 Å². The maximum Gasteiger partial charge on any atom is 0.325 e. The number of hydrogen-bond acceptors (Lipinski definition) is 3. The summed E-state index contributed by atoms with van der Waals surface area (Å²) in [6.45, 7) is 3.34. The van der Waals surface area contributed by atoms with E-state index in [1.807, 2.05) is 0 Å². The molecule has 4 nitrogen and oxygen atoms in total. The van der Waals surface area contributed by atoms with Crippen LogP contribution in [0.15, 0.2) is 12.1 Å². The molecule has 0 unspecified atom stereocenters. The van der Waals surface area contributed by atoms with Gasteiger partial charge in [-0.05, 0) is 27.0 Å². The van der Waals surface area contributed by atoms with Crippen LogP contribution in [-0.2, 0) is 4.79 Å². The highest BCUT2D eigenvalue weighted by atomic mass is 19.1. The molecule has 100 valence electrons. The van der Waals surface area contributed by atoms with Gasteiger partial charge in [0, 0.05) is 11.6 Å². The summed E-state index contributed by atoms with van der Waals surface area (Å²) in [5.74, 6) is -3.25. The number of aliphatic carboxylic acids is 1. The molecule has 6 heteroatoms. The van der Waals surface area contributed by atoms with Crippen LogP contribution in [0.25, 0.3) is 0 Å². The highest BCUT2D eigenvalue weighted by Crippen LogP contribution is 2.30. The molecule has 0 amide bonds. The largest absolute Gasteiger partial charge is 0.488 e. The Hall–Kier alpha value is -1.69. The second-order valence-electron chi connectivity index (χ2n) is 4.03. The van der Waals surface area contributed by atoms with E-state index in [-0.39, 0.29) is 17.4 Å². The summed E-state index contributed by atoms with van der Waals surface area (Å²) in [6, 6.07) is 0.384. The number of likely N-dealkylation sites (N-methyl/N-ethyl adjacent to an activating group) is 1. The average molecular weight is 259 g/mol. The molecule has 0 aliphatic rings. The molecule has 0 heterocycles. The normalized spacial score (nSPS) is 12.6. The van der Waals surface area contributed by atoms with Gasteiger partial charge < -0.3 is 15.2 Å². The predicted octanol–water partition coefficient (Wildman–Crippen LogP) is 2.10. The zero-order valence-electron chi connectivity index (χ0n) is 10.3. The van der Waals surface area contributed by atoms with E-state index in [2.05, 4.69) is 5.32 Å². The molecule has 1 atom stereocenters. The molecule has 1 aromatic rings. The Morgan fingerprint density at radius 1 is 1.39 bits per heavy atom. The second kappa shape index (κ2) is 5.77. The fourth-order valence-corrected chi connectivity index (χ4v) is 1.57. The molecule has 0 aliphatic carbocycles. The predicted molar refractivity (Wildman–Crippen MR) is 61.6 cm³/mol. The fraction of sp³-hybridized carbons (Fsp3) is 0.417. The SMILES string of the molecule is CN[C@@H](C(=O)O)c1cc(F)cc(F)c1OC(C)C. The summed E-state index contributed by atoms with van der Waals surface area (Å²) >= 11 is 0. The number of halogens is 2. The number of benzene rings is 1. The van der Waals surface area contributed by atoms with Crippen molar-refractivity contribution in [2.45, 2.75) is 26.0 Å². The van der Waals surface area contributed by atoms with E-state index < -0.39 is 23.6 Å². The van der Waals surface area contributed by atoms with Crippen molar-refractivity contribution < 1.29 is 23.4 Å². The first-order valence-electron chi connectivity index (χ1n) is 5.42. The maximum atomic E-state index is 13.6. The number of hydrogen-bond donors (Lipinski definition) is 2. The Labute approximate surface area is 104 Å². The van der Waals surface area contributed by atoms with Crippen LogP contribution in [0.3, 0.4) is 0 Å². The summed E-state index contributed by atoms with van der Waals surface area (Å²) in [4.78, 5) is 11.0. The van der Waals surface area contributed by atoms with E-state index in [0.717, 1.165) is 6.07 Å². The van der Waals surface area contributed by atoms with Crippen LogP contribution >= 0.6 is 0 Å². The Bertz CT molecular complexity index is 449. The molecular weight excluding hydrogens is 244 g/mol. The first kappa shape index (κ1) is 14.4. The fourth-order valence-electron chi connectivity index (χ4n) is 1.57. The zero-order valence-corrected chi connectivity index (χ0v) is 10.3. The number of ether oxygens (including phenoxy) is 1. The van der Waals surface area contributed by atoms with Gasteiger partial charge in [-0.15, -0.1) is 0 Å². The van der Waals surface area contributed by atoms with Crippen molar-refractivity contribution in [2.75, 3.05) is 7.05 Å². The Morgan fingerprint density at radius 2 is 2.00 bits per heavy atom. The van der Waals surface area contributed by atoms with Crippen LogP contribution in [-0.4, -0.2) is 24.2 Å².